The monoisotopic (exact) mass is 199 g/mol. The van der Waals surface area contributed by atoms with Crippen molar-refractivity contribution in [3.8, 4) is 0 Å². The molecule has 0 fully saturated rings. The molecule has 13 heavy (non-hydrogen) atoms. The molecule has 0 amide bonds. The zero-order chi connectivity index (χ0) is 10.1. The van der Waals surface area contributed by atoms with Crippen LogP contribution in [0.15, 0.2) is 12.2 Å². The van der Waals surface area contributed by atoms with Crippen LogP contribution in [-0.4, -0.2) is 22.1 Å². The van der Waals surface area contributed by atoms with Gasteiger partial charge in [0.2, 0.25) is 0 Å². The molecule has 0 unspecified atom stereocenters. The first kappa shape index (κ1) is 12.4. The minimum atomic E-state index is -0.265. The van der Waals surface area contributed by atoms with Crippen LogP contribution in [0.25, 0.3) is 0 Å². The van der Waals surface area contributed by atoms with Crippen molar-refractivity contribution in [3.63, 3.8) is 0 Å². The SMILES string of the molecule is [CH2]CC[SiH2]CCCOC(=O)C(=C)C. The van der Waals surface area contributed by atoms with Crippen LogP contribution in [0.2, 0.25) is 12.1 Å². The van der Waals surface area contributed by atoms with Crippen molar-refractivity contribution < 1.29 is 9.53 Å². The summed E-state index contributed by atoms with van der Waals surface area (Å²) >= 11 is 0. The highest BCUT2D eigenvalue weighted by atomic mass is 28.2. The molecule has 3 heteroatoms. The van der Waals surface area contributed by atoms with Gasteiger partial charge >= 0.3 is 5.97 Å². The van der Waals surface area contributed by atoms with E-state index in [2.05, 4.69) is 13.5 Å². The van der Waals surface area contributed by atoms with E-state index in [1.807, 2.05) is 0 Å². The van der Waals surface area contributed by atoms with Crippen LogP contribution >= 0.6 is 0 Å². The molecule has 0 aliphatic heterocycles. The molecule has 0 aromatic carbocycles. The zero-order valence-corrected chi connectivity index (χ0v) is 9.89. The van der Waals surface area contributed by atoms with Gasteiger partial charge in [0.15, 0.2) is 0 Å². The Labute approximate surface area is 83.2 Å². The van der Waals surface area contributed by atoms with Gasteiger partial charge in [0.25, 0.3) is 0 Å². The molecule has 0 rings (SSSR count). The average molecular weight is 199 g/mol. The first-order chi connectivity index (χ1) is 6.18. The van der Waals surface area contributed by atoms with Crippen molar-refractivity contribution in [1.29, 1.82) is 0 Å². The van der Waals surface area contributed by atoms with Gasteiger partial charge in [-0.05, 0) is 13.3 Å². The fourth-order valence-electron chi connectivity index (χ4n) is 0.920. The first-order valence-electron chi connectivity index (χ1n) is 4.80. The van der Waals surface area contributed by atoms with Gasteiger partial charge < -0.3 is 4.74 Å². The minimum Gasteiger partial charge on any atom is -0.462 e. The molecule has 0 bridgehead atoms. The van der Waals surface area contributed by atoms with Crippen LogP contribution in [0.3, 0.4) is 0 Å². The third-order valence-electron chi connectivity index (χ3n) is 1.73. The summed E-state index contributed by atoms with van der Waals surface area (Å²) in [6.07, 6.45) is 2.06. The van der Waals surface area contributed by atoms with Crippen LogP contribution in [0.1, 0.15) is 19.8 Å². The van der Waals surface area contributed by atoms with Gasteiger partial charge in [-0.3, -0.25) is 0 Å². The first-order valence-corrected chi connectivity index (χ1v) is 6.80. The zero-order valence-electron chi connectivity index (χ0n) is 8.47. The van der Waals surface area contributed by atoms with Crippen LogP contribution in [0.4, 0.5) is 0 Å². The lowest BCUT2D eigenvalue weighted by Crippen LogP contribution is -2.06. The molecule has 0 aliphatic rings. The van der Waals surface area contributed by atoms with Crippen molar-refractivity contribution >= 4 is 15.5 Å². The van der Waals surface area contributed by atoms with Gasteiger partial charge in [0.05, 0.1) is 6.61 Å². The van der Waals surface area contributed by atoms with Gasteiger partial charge in [-0.1, -0.05) is 32.0 Å². The van der Waals surface area contributed by atoms with Crippen LogP contribution in [-0.2, 0) is 9.53 Å². The molecule has 1 radical (unpaired) electrons. The summed E-state index contributed by atoms with van der Waals surface area (Å²) in [4.78, 5) is 10.9. The second-order valence-corrected chi connectivity index (χ2v) is 5.31. The molecule has 0 aromatic heterocycles. The highest BCUT2D eigenvalue weighted by molar-refractivity contribution is 6.35. The molecular weight excluding hydrogens is 180 g/mol. The Bertz CT molecular complexity index is 166. The van der Waals surface area contributed by atoms with Crippen molar-refractivity contribution in [2.75, 3.05) is 6.61 Å². The number of rotatable bonds is 7. The maximum atomic E-state index is 10.9. The lowest BCUT2D eigenvalue weighted by Gasteiger charge is -2.03. The predicted octanol–water partition coefficient (Wildman–Crippen LogP) is 1.73. The number of esters is 1. The maximum absolute atomic E-state index is 10.9. The highest BCUT2D eigenvalue weighted by Crippen LogP contribution is 1.98. The third-order valence-corrected chi connectivity index (χ3v) is 3.73. The molecule has 0 spiro atoms. The molecule has 0 aliphatic carbocycles. The van der Waals surface area contributed by atoms with Gasteiger partial charge in [0, 0.05) is 15.1 Å². The molecule has 0 N–H and O–H groups in total. The fraction of sp³-hybridized carbons (Fsp3) is 0.600. The summed E-state index contributed by atoms with van der Waals surface area (Å²) in [5, 5.41) is 0. The molecule has 0 aromatic rings. The predicted molar refractivity (Wildman–Crippen MR) is 58.5 cm³/mol. The van der Waals surface area contributed by atoms with Crippen LogP contribution in [0, 0.1) is 6.92 Å². The summed E-state index contributed by atoms with van der Waals surface area (Å²) in [5.74, 6) is -0.265. The summed E-state index contributed by atoms with van der Waals surface area (Å²) in [6.45, 7) is 9.52. The van der Waals surface area contributed by atoms with Crippen molar-refractivity contribution in [2.24, 2.45) is 0 Å². The Morgan fingerprint density at radius 2 is 2.15 bits per heavy atom. The largest absolute Gasteiger partial charge is 0.462 e. The quantitative estimate of drug-likeness (QED) is 0.270. The second kappa shape index (κ2) is 8.04. The van der Waals surface area contributed by atoms with Gasteiger partial charge in [-0.2, -0.15) is 0 Å². The Kier molecular flexibility index (Phi) is 7.69. The maximum Gasteiger partial charge on any atom is 0.333 e. The number of carbonyl (C=O) groups is 1. The van der Waals surface area contributed by atoms with Gasteiger partial charge in [-0.15, -0.1) is 0 Å². The van der Waals surface area contributed by atoms with Crippen LogP contribution < -0.4 is 0 Å². The second-order valence-electron chi connectivity index (χ2n) is 3.18. The van der Waals surface area contributed by atoms with Gasteiger partial charge in [-0.25, -0.2) is 4.79 Å². The lowest BCUT2D eigenvalue weighted by molar-refractivity contribution is -0.138. The Morgan fingerprint density at radius 1 is 1.46 bits per heavy atom. The molecule has 75 valence electrons. The van der Waals surface area contributed by atoms with E-state index in [1.165, 1.54) is 12.1 Å². The molecule has 0 atom stereocenters. The van der Waals surface area contributed by atoms with E-state index in [4.69, 9.17) is 4.74 Å². The van der Waals surface area contributed by atoms with Crippen molar-refractivity contribution in [1.82, 2.24) is 0 Å². The molecule has 2 nitrogen and oxygen atoms in total. The van der Waals surface area contributed by atoms with E-state index < -0.39 is 0 Å². The summed E-state index contributed by atoms with van der Waals surface area (Å²) in [5.41, 5.74) is 0.481. The van der Waals surface area contributed by atoms with E-state index in [-0.39, 0.29) is 15.5 Å². The summed E-state index contributed by atoms with van der Waals surface area (Å²) < 4.78 is 4.95. The van der Waals surface area contributed by atoms with Crippen molar-refractivity contribution in [3.05, 3.63) is 19.1 Å². The Balaban J connectivity index is 3.16. The smallest absolute Gasteiger partial charge is 0.333 e. The van der Waals surface area contributed by atoms with E-state index in [0.29, 0.717) is 12.2 Å². The normalized spacial score (nSPS) is 10.6. The number of hydrogen-bond donors (Lipinski definition) is 0. The molecule has 0 saturated heterocycles. The number of ether oxygens (including phenoxy) is 1. The number of carbonyl (C=O) groups excluding carboxylic acids is 1. The van der Waals surface area contributed by atoms with Crippen molar-refractivity contribution in [2.45, 2.75) is 31.9 Å². The Morgan fingerprint density at radius 3 is 2.69 bits per heavy atom. The Hall–Kier alpha value is -0.573. The average Bonchev–Trinajstić information content (AvgIpc) is 2.10. The molecule has 0 saturated carbocycles. The van der Waals surface area contributed by atoms with E-state index in [0.717, 1.165) is 12.8 Å². The van der Waals surface area contributed by atoms with E-state index in [1.54, 1.807) is 6.92 Å². The fourth-order valence-corrected chi connectivity index (χ4v) is 2.19. The van der Waals surface area contributed by atoms with Gasteiger partial charge in [0.1, 0.15) is 0 Å². The van der Waals surface area contributed by atoms with E-state index >= 15 is 0 Å². The third kappa shape index (κ3) is 7.78. The minimum absolute atomic E-state index is 0.0708. The topological polar surface area (TPSA) is 26.3 Å². The molecule has 0 heterocycles. The summed E-state index contributed by atoms with van der Waals surface area (Å²) in [7, 11) is 0.0708. The standard InChI is InChI=1S/C10H19O2Si/c1-4-7-13-8-5-6-12-10(11)9(2)3/h1-2,4-8,13H2,3H3. The van der Waals surface area contributed by atoms with Crippen LogP contribution in [0.5, 0.6) is 0 Å². The highest BCUT2D eigenvalue weighted by Gasteiger charge is 2.01. The van der Waals surface area contributed by atoms with E-state index in [9.17, 15) is 4.79 Å². The molecular formula is C10H19O2Si. The lowest BCUT2D eigenvalue weighted by atomic mass is 10.4. The number of hydrogen-bond acceptors (Lipinski definition) is 2. The summed E-state index contributed by atoms with van der Waals surface area (Å²) in [6, 6.07) is 2.55.